The van der Waals surface area contributed by atoms with Gasteiger partial charge < -0.3 is 14.6 Å². The molecule has 1 saturated carbocycles. The summed E-state index contributed by atoms with van der Waals surface area (Å²) in [5, 5.41) is 13.9. The number of rotatable bonds is 5. The van der Waals surface area contributed by atoms with Gasteiger partial charge in [0.15, 0.2) is 5.82 Å². The molecule has 2 atom stereocenters. The van der Waals surface area contributed by atoms with Gasteiger partial charge in [-0.05, 0) is 72.5 Å². The van der Waals surface area contributed by atoms with Gasteiger partial charge in [0.05, 0.1) is 13.2 Å². The van der Waals surface area contributed by atoms with E-state index in [1.165, 1.54) is 18.4 Å². The average Bonchev–Trinajstić information content (AvgIpc) is 3.60. The topological polar surface area (TPSA) is 88.9 Å². The molecule has 4 aromatic rings. The number of nitrogens with zero attached hydrogens (tertiary/aromatic N) is 5. The predicted molar refractivity (Wildman–Crippen MR) is 130 cm³/mol. The van der Waals surface area contributed by atoms with E-state index in [0.717, 1.165) is 47.4 Å². The summed E-state index contributed by atoms with van der Waals surface area (Å²) >= 11 is 0. The third-order valence-corrected chi connectivity index (χ3v) is 7.35. The summed E-state index contributed by atoms with van der Waals surface area (Å²) in [4.78, 5) is 19.0. The molecular weight excluding hydrogens is 428 g/mol. The molecule has 34 heavy (non-hydrogen) atoms. The molecule has 0 bridgehead atoms. The largest absolute Gasteiger partial charge is 0.497 e. The number of tetrazole rings is 1. The van der Waals surface area contributed by atoms with Crippen LogP contribution in [-0.2, 0) is 6.42 Å². The Kier molecular flexibility index (Phi) is 5.08. The molecule has 1 N–H and O–H groups in total. The number of aromatic amines is 1. The molecule has 3 heterocycles. The van der Waals surface area contributed by atoms with Crippen LogP contribution in [0.1, 0.15) is 61.6 Å². The first-order valence-corrected chi connectivity index (χ1v) is 12.0. The summed E-state index contributed by atoms with van der Waals surface area (Å²) in [6, 6.07) is 16.1. The molecule has 0 radical (unpaired) electrons. The Morgan fingerprint density at radius 1 is 1.12 bits per heavy atom. The van der Waals surface area contributed by atoms with E-state index in [2.05, 4.69) is 56.6 Å². The minimum Gasteiger partial charge on any atom is -0.497 e. The van der Waals surface area contributed by atoms with E-state index in [-0.39, 0.29) is 17.6 Å². The lowest BCUT2D eigenvalue weighted by Crippen LogP contribution is -2.39. The minimum atomic E-state index is -0.409. The van der Waals surface area contributed by atoms with Crippen molar-refractivity contribution in [3.05, 3.63) is 75.8 Å². The van der Waals surface area contributed by atoms with Crippen molar-refractivity contribution in [3.63, 3.8) is 0 Å². The molecular formula is C26H28N6O2. The summed E-state index contributed by atoms with van der Waals surface area (Å²) < 4.78 is 7.41. The van der Waals surface area contributed by atoms with Crippen molar-refractivity contribution in [1.29, 1.82) is 0 Å². The molecule has 0 amide bonds. The zero-order chi connectivity index (χ0) is 23.2. The minimum absolute atomic E-state index is 0.125. The maximum absolute atomic E-state index is 13.5. The number of para-hydroxylation sites is 1. The second kappa shape index (κ2) is 8.27. The number of methoxy groups -OCH3 is 1. The average molecular weight is 457 g/mol. The number of pyridine rings is 1. The molecule has 1 fully saturated rings. The molecule has 8 nitrogen and oxygen atoms in total. The van der Waals surface area contributed by atoms with Gasteiger partial charge in [-0.1, -0.05) is 31.0 Å². The normalized spacial score (nSPS) is 19.0. The second-order valence-electron chi connectivity index (χ2n) is 9.42. The summed E-state index contributed by atoms with van der Waals surface area (Å²) in [6.45, 7) is 2.20. The van der Waals surface area contributed by atoms with E-state index in [1.54, 1.807) is 7.11 Å². The van der Waals surface area contributed by atoms with Crippen molar-refractivity contribution in [2.24, 2.45) is 0 Å². The molecule has 8 heteroatoms. The summed E-state index contributed by atoms with van der Waals surface area (Å²) in [5.41, 5.74) is 3.70. The SMILES string of the molecule is COc1ccc2[nH]c(=O)c([C@@H](c3nnnn3C3CCCC3)N3c4ccccc4C[C@H]3C)cc2c1. The fourth-order valence-electron chi connectivity index (χ4n) is 5.72. The number of anilines is 1. The van der Waals surface area contributed by atoms with E-state index in [0.29, 0.717) is 5.56 Å². The van der Waals surface area contributed by atoms with Gasteiger partial charge >= 0.3 is 0 Å². The number of ether oxygens (including phenoxy) is 1. The van der Waals surface area contributed by atoms with Crippen LogP contribution in [-0.4, -0.2) is 38.3 Å². The first kappa shape index (κ1) is 20.9. The van der Waals surface area contributed by atoms with Gasteiger partial charge in [0.2, 0.25) is 0 Å². The van der Waals surface area contributed by atoms with Crippen LogP contribution in [0.15, 0.2) is 53.3 Å². The molecule has 2 aromatic carbocycles. The molecule has 0 unspecified atom stereocenters. The molecule has 1 aliphatic heterocycles. The van der Waals surface area contributed by atoms with Gasteiger partial charge in [0.25, 0.3) is 5.56 Å². The number of hydrogen-bond acceptors (Lipinski definition) is 6. The van der Waals surface area contributed by atoms with Crippen LogP contribution < -0.4 is 15.2 Å². The van der Waals surface area contributed by atoms with Crippen LogP contribution >= 0.6 is 0 Å². The summed E-state index contributed by atoms with van der Waals surface area (Å²) in [5.74, 6) is 1.47. The van der Waals surface area contributed by atoms with Crippen molar-refractivity contribution in [2.75, 3.05) is 12.0 Å². The molecule has 2 aliphatic rings. The summed E-state index contributed by atoms with van der Waals surface area (Å²) in [7, 11) is 1.65. The highest BCUT2D eigenvalue weighted by Gasteiger charge is 2.39. The number of benzene rings is 2. The van der Waals surface area contributed by atoms with Crippen molar-refractivity contribution >= 4 is 16.6 Å². The van der Waals surface area contributed by atoms with E-state index in [1.807, 2.05) is 28.9 Å². The molecule has 1 aliphatic carbocycles. The van der Waals surface area contributed by atoms with Gasteiger partial charge in [0, 0.05) is 28.2 Å². The second-order valence-corrected chi connectivity index (χ2v) is 9.42. The predicted octanol–water partition coefficient (Wildman–Crippen LogP) is 4.18. The Morgan fingerprint density at radius 2 is 1.94 bits per heavy atom. The van der Waals surface area contributed by atoms with Gasteiger partial charge in [0.1, 0.15) is 11.8 Å². The van der Waals surface area contributed by atoms with Crippen molar-refractivity contribution in [3.8, 4) is 5.75 Å². The summed E-state index contributed by atoms with van der Waals surface area (Å²) in [6.07, 6.45) is 5.38. The van der Waals surface area contributed by atoms with Crippen LogP contribution in [0, 0.1) is 0 Å². The van der Waals surface area contributed by atoms with Crippen molar-refractivity contribution in [1.82, 2.24) is 25.2 Å². The van der Waals surface area contributed by atoms with E-state index in [4.69, 9.17) is 4.74 Å². The van der Waals surface area contributed by atoms with Crippen LogP contribution in [0.3, 0.4) is 0 Å². The maximum atomic E-state index is 13.5. The fraction of sp³-hybridized carbons (Fsp3) is 0.385. The lowest BCUT2D eigenvalue weighted by Gasteiger charge is -2.34. The Labute approximate surface area is 197 Å². The Balaban J connectivity index is 1.58. The van der Waals surface area contributed by atoms with Crippen LogP contribution in [0.25, 0.3) is 10.9 Å². The number of aromatic nitrogens is 5. The van der Waals surface area contributed by atoms with Crippen molar-refractivity contribution < 1.29 is 4.74 Å². The fourth-order valence-corrected chi connectivity index (χ4v) is 5.72. The smallest absolute Gasteiger partial charge is 0.254 e. The zero-order valence-corrected chi connectivity index (χ0v) is 19.4. The third-order valence-electron chi connectivity index (χ3n) is 7.35. The third kappa shape index (κ3) is 3.36. The van der Waals surface area contributed by atoms with Gasteiger partial charge in [-0.25, -0.2) is 4.68 Å². The van der Waals surface area contributed by atoms with Gasteiger partial charge in [-0.3, -0.25) is 4.79 Å². The number of H-pyrrole nitrogens is 1. The van der Waals surface area contributed by atoms with Gasteiger partial charge in [-0.2, -0.15) is 0 Å². The molecule has 174 valence electrons. The highest BCUT2D eigenvalue weighted by Crippen LogP contribution is 2.42. The molecule has 2 aromatic heterocycles. The quantitative estimate of drug-likeness (QED) is 0.485. The van der Waals surface area contributed by atoms with Crippen LogP contribution in [0.5, 0.6) is 5.75 Å². The maximum Gasteiger partial charge on any atom is 0.254 e. The zero-order valence-electron chi connectivity index (χ0n) is 19.4. The van der Waals surface area contributed by atoms with Crippen LogP contribution in [0.2, 0.25) is 0 Å². The van der Waals surface area contributed by atoms with E-state index in [9.17, 15) is 4.79 Å². The standard InChI is InChI=1S/C26H28N6O2/c1-16-13-17-7-3-6-10-23(17)31(16)24(25-28-29-30-32(25)19-8-4-5-9-19)21-15-18-14-20(34-2)11-12-22(18)27-26(21)33/h3,6-7,10-12,14-16,19,24H,4-5,8-9,13H2,1-2H3,(H,27,33)/t16-,24+/m1/s1. The lowest BCUT2D eigenvalue weighted by molar-refractivity contribution is 0.415. The van der Waals surface area contributed by atoms with Crippen molar-refractivity contribution in [2.45, 2.75) is 57.2 Å². The highest BCUT2D eigenvalue weighted by atomic mass is 16.5. The molecule has 6 rings (SSSR count). The highest BCUT2D eigenvalue weighted by molar-refractivity contribution is 5.81. The van der Waals surface area contributed by atoms with Crippen LogP contribution in [0.4, 0.5) is 5.69 Å². The Morgan fingerprint density at radius 3 is 2.76 bits per heavy atom. The number of hydrogen-bond donors (Lipinski definition) is 1. The molecule has 0 saturated heterocycles. The Hall–Kier alpha value is -3.68. The number of nitrogens with one attached hydrogen (secondary N) is 1. The van der Waals surface area contributed by atoms with E-state index < -0.39 is 6.04 Å². The van der Waals surface area contributed by atoms with E-state index >= 15 is 0 Å². The first-order chi connectivity index (χ1) is 16.6. The lowest BCUT2D eigenvalue weighted by atomic mass is 10.0. The molecule has 0 spiro atoms. The van der Waals surface area contributed by atoms with Gasteiger partial charge in [-0.15, -0.1) is 5.10 Å². The Bertz CT molecular complexity index is 1400. The first-order valence-electron chi connectivity index (χ1n) is 12.0. The number of fused-ring (bicyclic) bond motifs is 2. The monoisotopic (exact) mass is 456 g/mol.